The maximum atomic E-state index is 12.3. The van der Waals surface area contributed by atoms with Crippen LogP contribution in [0.1, 0.15) is 28.9 Å². The lowest BCUT2D eigenvalue weighted by molar-refractivity contribution is -0.124. The minimum Gasteiger partial charge on any atom is -0.497 e. The lowest BCUT2D eigenvalue weighted by Gasteiger charge is -2.17. The molecule has 0 fully saturated rings. The van der Waals surface area contributed by atoms with Gasteiger partial charge in [-0.1, -0.05) is 42.5 Å². The second-order valence-electron chi connectivity index (χ2n) is 6.54. The Morgan fingerprint density at radius 3 is 2.28 bits per heavy atom. The number of benzene rings is 3. The lowest BCUT2D eigenvalue weighted by Crippen LogP contribution is -2.31. The van der Waals surface area contributed by atoms with Crippen molar-refractivity contribution in [3.8, 4) is 11.5 Å². The van der Waals surface area contributed by atoms with Crippen LogP contribution in [-0.2, 0) is 9.53 Å². The van der Waals surface area contributed by atoms with Gasteiger partial charge in [-0.2, -0.15) is 0 Å². The maximum absolute atomic E-state index is 12.3. The van der Waals surface area contributed by atoms with Crippen molar-refractivity contribution in [1.82, 2.24) is 5.32 Å². The predicted molar refractivity (Wildman–Crippen MR) is 110 cm³/mol. The fraction of sp³-hybridized carbons (Fsp3) is 0.217. The van der Waals surface area contributed by atoms with Gasteiger partial charge in [-0.25, -0.2) is 4.79 Å². The number of hydrogen-bond donors (Lipinski definition) is 1. The Bertz CT molecular complexity index is 1000. The highest BCUT2D eigenvalue weighted by molar-refractivity contribution is 5.92. The molecule has 1 atom stereocenters. The number of carbonyl (C=O) groups is 2. The maximum Gasteiger partial charge on any atom is 0.338 e. The van der Waals surface area contributed by atoms with Crippen LogP contribution >= 0.6 is 0 Å². The van der Waals surface area contributed by atoms with Crippen LogP contribution in [0.2, 0.25) is 0 Å². The van der Waals surface area contributed by atoms with Crippen molar-refractivity contribution in [3.63, 3.8) is 0 Å². The summed E-state index contributed by atoms with van der Waals surface area (Å²) in [7, 11) is 2.98. The van der Waals surface area contributed by atoms with Gasteiger partial charge in [0.1, 0.15) is 11.5 Å². The first-order valence-electron chi connectivity index (χ1n) is 9.19. The van der Waals surface area contributed by atoms with E-state index in [-0.39, 0.29) is 24.1 Å². The normalized spacial score (nSPS) is 11.6. The molecule has 0 aliphatic rings. The number of carbonyl (C=O) groups excluding carboxylic acids is 2. The Labute approximate surface area is 169 Å². The summed E-state index contributed by atoms with van der Waals surface area (Å²) in [4.78, 5) is 24.6. The summed E-state index contributed by atoms with van der Waals surface area (Å²) < 4.78 is 15.4. The molecule has 0 heterocycles. The topological polar surface area (TPSA) is 73.9 Å². The van der Waals surface area contributed by atoms with Crippen molar-refractivity contribution in [2.45, 2.75) is 13.0 Å². The summed E-state index contributed by atoms with van der Waals surface area (Å²) >= 11 is 0. The van der Waals surface area contributed by atoms with Crippen molar-refractivity contribution < 1.29 is 23.8 Å². The highest BCUT2D eigenvalue weighted by Crippen LogP contribution is 2.24. The van der Waals surface area contributed by atoms with Crippen LogP contribution in [0.25, 0.3) is 10.8 Å². The van der Waals surface area contributed by atoms with Crippen LogP contribution in [-0.4, -0.2) is 32.7 Å². The molecule has 0 aliphatic carbocycles. The molecule has 0 bridgehead atoms. The largest absolute Gasteiger partial charge is 0.497 e. The van der Waals surface area contributed by atoms with Gasteiger partial charge >= 0.3 is 5.97 Å². The third-order valence-electron chi connectivity index (χ3n) is 4.59. The van der Waals surface area contributed by atoms with Gasteiger partial charge in [-0.05, 0) is 35.4 Å². The molecule has 0 aromatic heterocycles. The average Bonchev–Trinajstić information content (AvgIpc) is 2.76. The van der Waals surface area contributed by atoms with Gasteiger partial charge in [0.15, 0.2) is 6.61 Å². The second-order valence-corrected chi connectivity index (χ2v) is 6.54. The van der Waals surface area contributed by atoms with Crippen LogP contribution in [0.15, 0.2) is 60.7 Å². The van der Waals surface area contributed by atoms with Crippen molar-refractivity contribution in [2.24, 2.45) is 0 Å². The van der Waals surface area contributed by atoms with E-state index in [1.54, 1.807) is 6.07 Å². The second kappa shape index (κ2) is 9.10. The number of rotatable bonds is 7. The minimum absolute atomic E-state index is 0.232. The van der Waals surface area contributed by atoms with E-state index < -0.39 is 5.97 Å². The van der Waals surface area contributed by atoms with Gasteiger partial charge in [0.25, 0.3) is 5.91 Å². The van der Waals surface area contributed by atoms with Crippen molar-refractivity contribution in [3.05, 3.63) is 71.8 Å². The monoisotopic (exact) mass is 393 g/mol. The highest BCUT2D eigenvalue weighted by Gasteiger charge is 2.16. The quantitative estimate of drug-likeness (QED) is 0.617. The number of nitrogens with one attached hydrogen (secondary N) is 1. The molecule has 0 saturated carbocycles. The molecule has 3 aromatic carbocycles. The van der Waals surface area contributed by atoms with Crippen molar-refractivity contribution >= 4 is 22.6 Å². The summed E-state index contributed by atoms with van der Waals surface area (Å²) in [6.07, 6.45) is 0. The fourth-order valence-electron chi connectivity index (χ4n) is 3.13. The van der Waals surface area contributed by atoms with Gasteiger partial charge in [-0.3, -0.25) is 4.79 Å². The zero-order valence-corrected chi connectivity index (χ0v) is 16.6. The lowest BCUT2D eigenvalue weighted by atomic mass is 10.00. The number of methoxy groups -OCH3 is 2. The molecule has 0 saturated heterocycles. The zero-order valence-electron chi connectivity index (χ0n) is 16.6. The van der Waals surface area contributed by atoms with Gasteiger partial charge in [-0.15, -0.1) is 0 Å². The molecular formula is C23H23NO5. The summed E-state index contributed by atoms with van der Waals surface area (Å²) in [5, 5.41) is 5.05. The summed E-state index contributed by atoms with van der Waals surface area (Å²) in [6, 6.07) is 18.4. The first-order valence-corrected chi connectivity index (χ1v) is 9.19. The first-order chi connectivity index (χ1) is 14.0. The van der Waals surface area contributed by atoms with Gasteiger partial charge in [0.05, 0.1) is 25.8 Å². The van der Waals surface area contributed by atoms with Gasteiger partial charge in [0, 0.05) is 6.07 Å². The third kappa shape index (κ3) is 4.85. The molecule has 1 amide bonds. The van der Waals surface area contributed by atoms with Crippen LogP contribution in [0.3, 0.4) is 0 Å². The molecule has 0 unspecified atom stereocenters. The zero-order chi connectivity index (χ0) is 20.8. The van der Waals surface area contributed by atoms with E-state index in [4.69, 9.17) is 14.2 Å². The molecule has 6 heteroatoms. The number of fused-ring (bicyclic) bond motifs is 1. The third-order valence-corrected chi connectivity index (χ3v) is 4.59. The Morgan fingerprint density at radius 1 is 0.931 bits per heavy atom. The number of esters is 1. The molecule has 150 valence electrons. The van der Waals surface area contributed by atoms with Crippen LogP contribution in [0, 0.1) is 0 Å². The van der Waals surface area contributed by atoms with Crippen LogP contribution in [0.4, 0.5) is 0 Å². The molecule has 3 rings (SSSR count). The van der Waals surface area contributed by atoms with E-state index in [0.29, 0.717) is 11.5 Å². The smallest absolute Gasteiger partial charge is 0.338 e. The Balaban J connectivity index is 1.63. The number of hydrogen-bond acceptors (Lipinski definition) is 5. The molecule has 0 radical (unpaired) electrons. The van der Waals surface area contributed by atoms with Crippen LogP contribution < -0.4 is 14.8 Å². The van der Waals surface area contributed by atoms with E-state index in [9.17, 15) is 9.59 Å². The van der Waals surface area contributed by atoms with Gasteiger partial charge in [0.2, 0.25) is 0 Å². The molecule has 6 nitrogen and oxygen atoms in total. The Kier molecular flexibility index (Phi) is 6.34. The standard InChI is InChI=1S/C23H23NO5/c1-15(20-10-6-8-16-7-4-5-9-21(16)20)24-22(25)14-29-23(26)17-11-18(27-2)13-19(12-17)28-3/h4-13,15H,14H2,1-3H3,(H,24,25)/t15-/m1/s1. The highest BCUT2D eigenvalue weighted by atomic mass is 16.5. The fourth-order valence-corrected chi connectivity index (χ4v) is 3.13. The van der Waals surface area contributed by atoms with Crippen LogP contribution in [0.5, 0.6) is 11.5 Å². The number of amides is 1. The predicted octanol–water partition coefficient (Wildman–Crippen LogP) is 3.89. The number of ether oxygens (including phenoxy) is 3. The van der Waals surface area contributed by atoms with E-state index >= 15 is 0 Å². The van der Waals surface area contributed by atoms with Crippen molar-refractivity contribution in [2.75, 3.05) is 20.8 Å². The SMILES string of the molecule is COc1cc(OC)cc(C(=O)OCC(=O)N[C@H](C)c2cccc3ccccc23)c1. The summed E-state index contributed by atoms with van der Waals surface area (Å²) in [6.45, 7) is 1.52. The Morgan fingerprint density at radius 2 is 1.59 bits per heavy atom. The van der Waals surface area contributed by atoms with E-state index in [0.717, 1.165) is 16.3 Å². The van der Waals surface area contributed by atoms with E-state index in [1.165, 1.54) is 26.4 Å². The van der Waals surface area contributed by atoms with Crippen molar-refractivity contribution in [1.29, 1.82) is 0 Å². The van der Waals surface area contributed by atoms with Gasteiger partial charge < -0.3 is 19.5 Å². The molecule has 29 heavy (non-hydrogen) atoms. The molecule has 0 spiro atoms. The Hall–Kier alpha value is -3.54. The molecular weight excluding hydrogens is 370 g/mol. The molecule has 1 N–H and O–H groups in total. The first kappa shape index (κ1) is 20.2. The minimum atomic E-state index is -0.629. The average molecular weight is 393 g/mol. The van der Waals surface area contributed by atoms with E-state index in [2.05, 4.69) is 5.32 Å². The summed E-state index contributed by atoms with van der Waals surface area (Å²) in [5.41, 5.74) is 1.25. The molecule has 3 aromatic rings. The molecule has 0 aliphatic heterocycles. The summed E-state index contributed by atoms with van der Waals surface area (Å²) in [5.74, 6) is -0.0838. The van der Waals surface area contributed by atoms with E-state index in [1.807, 2.05) is 49.4 Å².